The molecule has 0 aliphatic heterocycles. The summed E-state index contributed by atoms with van der Waals surface area (Å²) in [5.41, 5.74) is 2.04. The molecule has 1 aromatic carbocycles. The number of halogens is 4. The van der Waals surface area contributed by atoms with Gasteiger partial charge in [-0.05, 0) is 0 Å². The summed E-state index contributed by atoms with van der Waals surface area (Å²) in [6, 6.07) is 10.0. The number of fused-ring (bicyclic) bond motifs is 1. The Hall–Kier alpha value is -2.60. The molecule has 3 aromatic rings. The second-order valence-corrected chi connectivity index (χ2v) is 9.24. The van der Waals surface area contributed by atoms with E-state index in [-0.39, 0.29) is 17.0 Å². The summed E-state index contributed by atoms with van der Waals surface area (Å²) >= 11 is 1.64. The van der Waals surface area contributed by atoms with Gasteiger partial charge in [-0.15, -0.1) is 0 Å². The molecule has 2 aromatic heterocycles. The van der Waals surface area contributed by atoms with E-state index in [4.69, 9.17) is 4.74 Å². The molecule has 0 atom stereocenters. The van der Waals surface area contributed by atoms with Crippen LogP contribution in [-0.4, -0.2) is 51.0 Å². The van der Waals surface area contributed by atoms with Crippen molar-refractivity contribution < 1.29 is 22.7 Å². The van der Waals surface area contributed by atoms with Gasteiger partial charge in [-0.25, -0.2) is 0 Å². The van der Waals surface area contributed by atoms with E-state index in [2.05, 4.69) is 38.4 Å². The number of nitrogens with one attached hydrogen (secondary N) is 2. The maximum atomic E-state index is 13.1. The van der Waals surface area contributed by atoms with Gasteiger partial charge >= 0.3 is 185 Å². The van der Waals surface area contributed by atoms with E-state index in [9.17, 15) is 18.0 Å². The molecular formula is C21H17BrF3N3O2Se. The summed E-state index contributed by atoms with van der Waals surface area (Å²) in [6.45, 7) is 0.182. The standard InChI is InChI=1S/C21H17BrF3N3O2Se/c1-26-19(29)13-7-8-16(18(12-13)30-2)27-9-3-5-14-11-17-15(22)6-4-10-28(17)20(14)31-21(23,24)25/h4,6-8,10-12,27H,9H2,1-2H3,(H,26,29). The summed E-state index contributed by atoms with van der Waals surface area (Å²) < 4.78 is 47.1. The molecule has 2 N–H and O–H groups in total. The third kappa shape index (κ3) is 5.56. The molecule has 31 heavy (non-hydrogen) atoms. The Balaban J connectivity index is 1.84. The second-order valence-electron chi connectivity index (χ2n) is 6.17. The zero-order valence-corrected chi connectivity index (χ0v) is 19.7. The van der Waals surface area contributed by atoms with Crippen LogP contribution in [0, 0.1) is 11.8 Å². The number of carbonyl (C=O) groups excluding carboxylic acids is 1. The van der Waals surface area contributed by atoms with Crippen LogP contribution < -0.4 is 20.0 Å². The fourth-order valence-electron chi connectivity index (χ4n) is 2.84. The van der Waals surface area contributed by atoms with E-state index in [1.807, 2.05) is 0 Å². The number of nitrogens with zero attached hydrogens (tertiary/aromatic N) is 1. The number of hydrogen-bond donors (Lipinski definition) is 2. The van der Waals surface area contributed by atoms with Crippen LogP contribution in [0.4, 0.5) is 18.9 Å². The molecule has 162 valence electrons. The van der Waals surface area contributed by atoms with Gasteiger partial charge in [0.1, 0.15) is 0 Å². The molecule has 5 nitrogen and oxygen atoms in total. The minimum absolute atomic E-state index is 0.149. The van der Waals surface area contributed by atoms with Crippen LogP contribution in [0.2, 0.25) is 0 Å². The van der Waals surface area contributed by atoms with Crippen molar-refractivity contribution in [3.8, 4) is 17.6 Å². The van der Waals surface area contributed by atoms with Crippen LogP contribution in [-0.2, 0) is 0 Å². The number of pyridine rings is 1. The molecule has 1 amide bonds. The zero-order chi connectivity index (χ0) is 22.6. The number of amides is 1. The Morgan fingerprint density at radius 2 is 2.06 bits per heavy atom. The molecule has 0 unspecified atom stereocenters. The molecule has 0 saturated heterocycles. The number of anilines is 1. The number of hydrogen-bond acceptors (Lipinski definition) is 3. The fourth-order valence-corrected chi connectivity index (χ4v) is 4.76. The van der Waals surface area contributed by atoms with Crippen molar-refractivity contribution in [1.82, 2.24) is 9.72 Å². The second kappa shape index (κ2) is 9.69. The number of methoxy groups -OCH3 is 1. The number of rotatable bonds is 5. The quantitative estimate of drug-likeness (QED) is 0.373. The zero-order valence-electron chi connectivity index (χ0n) is 16.4. The number of carbonyl (C=O) groups is 1. The Labute approximate surface area is 191 Å². The van der Waals surface area contributed by atoms with Gasteiger partial charge in [0, 0.05) is 7.05 Å². The topological polar surface area (TPSA) is 54.8 Å². The number of ether oxygens (including phenoxy) is 1. The molecule has 0 radical (unpaired) electrons. The molecule has 0 aliphatic carbocycles. The van der Waals surface area contributed by atoms with E-state index < -0.39 is 20.0 Å². The predicted molar refractivity (Wildman–Crippen MR) is 118 cm³/mol. The van der Waals surface area contributed by atoms with E-state index in [1.165, 1.54) is 18.6 Å². The molecule has 3 rings (SSSR count). The molecule has 0 fully saturated rings. The van der Waals surface area contributed by atoms with Gasteiger partial charge in [0.25, 0.3) is 0 Å². The number of benzene rings is 1. The van der Waals surface area contributed by atoms with E-state index in [0.29, 0.717) is 32.6 Å². The average molecular weight is 559 g/mol. The minimum atomic E-state index is -4.29. The average Bonchev–Trinajstić information content (AvgIpc) is 3.07. The van der Waals surface area contributed by atoms with E-state index >= 15 is 0 Å². The first kappa shape index (κ1) is 23.1. The summed E-state index contributed by atoms with van der Waals surface area (Å²) in [4.78, 5) is 11.7. The van der Waals surface area contributed by atoms with Crippen molar-refractivity contribution in [2.45, 2.75) is 5.07 Å². The van der Waals surface area contributed by atoms with Gasteiger partial charge < -0.3 is 0 Å². The Morgan fingerprint density at radius 3 is 2.74 bits per heavy atom. The normalized spacial score (nSPS) is 11.0. The third-order valence-corrected chi connectivity index (χ3v) is 6.64. The first-order valence-corrected chi connectivity index (χ1v) is 11.4. The van der Waals surface area contributed by atoms with Gasteiger partial charge in [0.2, 0.25) is 0 Å². The SMILES string of the molecule is CNC(=O)c1ccc(NCC#Cc2cc3c(Br)cccn3c2[Se]C(F)(F)F)c(OC)c1. The third-order valence-electron chi connectivity index (χ3n) is 4.21. The number of alkyl halides is 3. The molecule has 0 saturated carbocycles. The van der Waals surface area contributed by atoms with Crippen LogP contribution in [0.25, 0.3) is 5.52 Å². The van der Waals surface area contributed by atoms with Crippen molar-refractivity contribution in [3.05, 3.63) is 58.2 Å². The summed E-state index contributed by atoms with van der Waals surface area (Å²) in [5, 5.41) is 1.31. The summed E-state index contributed by atoms with van der Waals surface area (Å²) in [6.07, 6.45) is 1.60. The van der Waals surface area contributed by atoms with Crippen LogP contribution in [0.3, 0.4) is 0 Å². The van der Waals surface area contributed by atoms with Crippen molar-refractivity contribution >= 4 is 52.6 Å². The van der Waals surface area contributed by atoms with Gasteiger partial charge in [0.05, 0.1) is 0 Å². The van der Waals surface area contributed by atoms with Crippen molar-refractivity contribution in [1.29, 1.82) is 0 Å². The van der Waals surface area contributed by atoms with Gasteiger partial charge in [-0.2, -0.15) is 0 Å². The maximum absolute atomic E-state index is 13.1. The molecule has 10 heteroatoms. The Morgan fingerprint density at radius 1 is 1.29 bits per heavy atom. The van der Waals surface area contributed by atoms with Crippen LogP contribution in [0.5, 0.6) is 5.75 Å². The van der Waals surface area contributed by atoms with Crippen molar-refractivity contribution in [2.24, 2.45) is 0 Å². The predicted octanol–water partition coefficient (Wildman–Crippen LogP) is 3.38. The molecular weight excluding hydrogens is 542 g/mol. The van der Waals surface area contributed by atoms with Crippen molar-refractivity contribution in [2.75, 3.05) is 26.0 Å². The number of aromatic nitrogens is 1. The van der Waals surface area contributed by atoms with Crippen LogP contribution in [0.1, 0.15) is 15.9 Å². The monoisotopic (exact) mass is 559 g/mol. The van der Waals surface area contributed by atoms with Crippen LogP contribution >= 0.6 is 15.9 Å². The molecule has 0 spiro atoms. The summed E-state index contributed by atoms with van der Waals surface area (Å²) in [7, 11) is 3.02. The Kier molecular flexibility index (Phi) is 7.21. The molecule has 0 aliphatic rings. The summed E-state index contributed by atoms with van der Waals surface area (Å²) in [5.74, 6) is 5.95. The first-order valence-electron chi connectivity index (χ1n) is 8.91. The first-order chi connectivity index (χ1) is 14.7. The molecule has 2 heterocycles. The fraction of sp³-hybridized carbons (Fsp3) is 0.190. The van der Waals surface area contributed by atoms with Gasteiger partial charge in [-0.1, -0.05) is 0 Å². The van der Waals surface area contributed by atoms with Crippen LogP contribution in [0.15, 0.2) is 47.1 Å². The molecule has 0 bridgehead atoms. The van der Waals surface area contributed by atoms with E-state index in [0.717, 1.165) is 0 Å². The Bertz CT molecular complexity index is 1180. The van der Waals surface area contributed by atoms with Gasteiger partial charge in [0.15, 0.2) is 0 Å². The van der Waals surface area contributed by atoms with E-state index in [1.54, 1.807) is 42.6 Å². The van der Waals surface area contributed by atoms with Gasteiger partial charge in [-0.3, -0.25) is 0 Å². The van der Waals surface area contributed by atoms with Crippen molar-refractivity contribution in [3.63, 3.8) is 0 Å².